The number of nitrogens with zero attached hydrogens (tertiary/aromatic N) is 2. The highest BCUT2D eigenvalue weighted by Crippen LogP contribution is 2.22. The lowest BCUT2D eigenvalue weighted by atomic mass is 9.97. The number of likely N-dealkylation sites (tertiary alicyclic amines) is 1. The Bertz CT molecular complexity index is 467. The Kier molecular flexibility index (Phi) is 4.01. The monoisotopic (exact) mass is 266 g/mol. The summed E-state index contributed by atoms with van der Waals surface area (Å²) in [5.41, 5.74) is 1.92. The van der Waals surface area contributed by atoms with Gasteiger partial charge in [-0.15, -0.1) is 11.3 Å². The van der Waals surface area contributed by atoms with Crippen molar-refractivity contribution < 1.29 is 10.0 Å². The summed E-state index contributed by atoms with van der Waals surface area (Å²) in [7, 11) is 0. The van der Waals surface area contributed by atoms with Crippen LogP contribution in [0.1, 0.15) is 35.5 Å². The van der Waals surface area contributed by atoms with Gasteiger partial charge in [0.25, 0.3) is 5.91 Å². The molecule has 0 bridgehead atoms. The lowest BCUT2D eigenvalue weighted by molar-refractivity contribution is 0.0738. The molecular formula is C13H18N2O2S. The summed E-state index contributed by atoms with van der Waals surface area (Å²) in [6.45, 7) is 5.33. The van der Waals surface area contributed by atoms with Crippen molar-refractivity contribution >= 4 is 23.0 Å². The normalized spacial score (nSPS) is 22.4. The highest BCUT2D eigenvalue weighted by atomic mass is 32.1. The van der Waals surface area contributed by atoms with E-state index in [1.165, 1.54) is 11.3 Å². The Morgan fingerprint density at radius 2 is 2.44 bits per heavy atom. The van der Waals surface area contributed by atoms with Crippen molar-refractivity contribution in [2.75, 3.05) is 13.1 Å². The second-order valence-corrected chi connectivity index (χ2v) is 5.54. The van der Waals surface area contributed by atoms with Crippen LogP contribution in [0, 0.1) is 5.92 Å². The van der Waals surface area contributed by atoms with E-state index in [0.717, 1.165) is 22.6 Å². The lowest BCUT2D eigenvalue weighted by Gasteiger charge is -2.31. The van der Waals surface area contributed by atoms with E-state index >= 15 is 0 Å². The van der Waals surface area contributed by atoms with Gasteiger partial charge in [-0.05, 0) is 23.4 Å². The quantitative estimate of drug-likeness (QED) is 0.661. The van der Waals surface area contributed by atoms with Gasteiger partial charge in [0.05, 0.1) is 10.6 Å². The average molecular weight is 266 g/mol. The smallest absolute Gasteiger partial charge is 0.264 e. The topological polar surface area (TPSA) is 52.9 Å². The second kappa shape index (κ2) is 5.52. The van der Waals surface area contributed by atoms with Gasteiger partial charge in [-0.1, -0.05) is 19.0 Å². The molecule has 0 radical (unpaired) electrons. The zero-order chi connectivity index (χ0) is 13.1. The second-order valence-electron chi connectivity index (χ2n) is 4.62. The van der Waals surface area contributed by atoms with Crippen molar-refractivity contribution in [2.24, 2.45) is 11.1 Å². The zero-order valence-electron chi connectivity index (χ0n) is 10.7. The van der Waals surface area contributed by atoms with Crippen LogP contribution in [0.3, 0.4) is 0 Å². The minimum Gasteiger partial charge on any atom is -0.411 e. The number of amides is 1. The minimum atomic E-state index is 0.116. The molecule has 2 rings (SSSR count). The van der Waals surface area contributed by atoms with Gasteiger partial charge in [-0.25, -0.2) is 0 Å². The molecule has 1 amide bonds. The summed E-state index contributed by atoms with van der Waals surface area (Å²) in [6, 6.07) is 2.02. The Morgan fingerprint density at radius 1 is 1.67 bits per heavy atom. The first-order chi connectivity index (χ1) is 8.67. The van der Waals surface area contributed by atoms with Gasteiger partial charge >= 0.3 is 0 Å². The summed E-state index contributed by atoms with van der Waals surface area (Å²) < 4.78 is 0. The fraction of sp³-hybridized carbons (Fsp3) is 0.538. The van der Waals surface area contributed by atoms with Gasteiger partial charge in [-0.3, -0.25) is 4.79 Å². The first-order valence-corrected chi connectivity index (χ1v) is 7.11. The molecule has 5 heteroatoms. The van der Waals surface area contributed by atoms with Crippen LogP contribution in [0.15, 0.2) is 16.6 Å². The predicted octanol–water partition coefficient (Wildman–Crippen LogP) is 2.62. The maximum atomic E-state index is 12.4. The maximum absolute atomic E-state index is 12.4. The van der Waals surface area contributed by atoms with Crippen molar-refractivity contribution in [1.29, 1.82) is 0 Å². The van der Waals surface area contributed by atoms with Crippen molar-refractivity contribution in [2.45, 2.75) is 26.7 Å². The molecule has 1 unspecified atom stereocenters. The zero-order valence-corrected chi connectivity index (χ0v) is 11.5. The number of aryl methyl sites for hydroxylation is 1. The van der Waals surface area contributed by atoms with Gasteiger partial charge < -0.3 is 10.1 Å². The summed E-state index contributed by atoms with van der Waals surface area (Å²) in [6.07, 6.45) is 1.55. The molecule has 0 saturated carbocycles. The number of rotatable bonds is 2. The van der Waals surface area contributed by atoms with Crippen LogP contribution in [-0.4, -0.2) is 34.8 Å². The van der Waals surface area contributed by atoms with Gasteiger partial charge in [-0.2, -0.15) is 0 Å². The molecule has 0 aliphatic carbocycles. The van der Waals surface area contributed by atoms with Gasteiger partial charge in [0, 0.05) is 25.4 Å². The number of thiophene rings is 1. The molecule has 98 valence electrons. The molecule has 1 saturated heterocycles. The third-order valence-electron chi connectivity index (χ3n) is 3.44. The Morgan fingerprint density at radius 3 is 3.06 bits per heavy atom. The Hall–Kier alpha value is -1.36. The highest BCUT2D eigenvalue weighted by molar-refractivity contribution is 7.12. The van der Waals surface area contributed by atoms with Crippen LogP contribution < -0.4 is 0 Å². The highest BCUT2D eigenvalue weighted by Gasteiger charge is 2.27. The molecular weight excluding hydrogens is 248 g/mol. The molecule has 1 aromatic rings. The molecule has 0 spiro atoms. The number of hydrogen-bond acceptors (Lipinski definition) is 4. The minimum absolute atomic E-state index is 0.116. The SMILES string of the molecule is CCc1ccsc1C(=O)N1CC/C(=N/O)C(C)C1. The van der Waals surface area contributed by atoms with Gasteiger partial charge in [0.15, 0.2) is 0 Å². The molecule has 1 atom stereocenters. The van der Waals surface area contributed by atoms with Crippen LogP contribution >= 0.6 is 11.3 Å². The third kappa shape index (κ3) is 2.41. The van der Waals surface area contributed by atoms with Crippen molar-refractivity contribution in [3.63, 3.8) is 0 Å². The number of carbonyl (C=O) groups is 1. The molecule has 1 aliphatic rings. The molecule has 1 aromatic heterocycles. The predicted molar refractivity (Wildman–Crippen MR) is 72.6 cm³/mol. The van der Waals surface area contributed by atoms with E-state index in [9.17, 15) is 4.79 Å². The van der Waals surface area contributed by atoms with Crippen LogP contribution in [-0.2, 0) is 6.42 Å². The number of piperidine rings is 1. The van der Waals surface area contributed by atoms with E-state index in [4.69, 9.17) is 5.21 Å². The maximum Gasteiger partial charge on any atom is 0.264 e. The van der Waals surface area contributed by atoms with E-state index in [-0.39, 0.29) is 11.8 Å². The van der Waals surface area contributed by atoms with Crippen LogP contribution in [0.5, 0.6) is 0 Å². The molecule has 1 fully saturated rings. The molecule has 4 nitrogen and oxygen atoms in total. The van der Waals surface area contributed by atoms with E-state index in [1.807, 2.05) is 23.3 Å². The van der Waals surface area contributed by atoms with Crippen molar-refractivity contribution in [3.8, 4) is 0 Å². The van der Waals surface area contributed by atoms with Crippen molar-refractivity contribution in [1.82, 2.24) is 4.90 Å². The molecule has 18 heavy (non-hydrogen) atoms. The number of oxime groups is 1. The van der Waals surface area contributed by atoms with Crippen LogP contribution in [0.25, 0.3) is 0 Å². The standard InChI is InChI=1S/C13H18N2O2S/c1-3-10-5-7-18-12(10)13(16)15-6-4-11(14-17)9(2)8-15/h5,7,9,17H,3-4,6,8H2,1-2H3/b14-11-. The van der Waals surface area contributed by atoms with Crippen LogP contribution in [0.4, 0.5) is 0 Å². The fourth-order valence-corrected chi connectivity index (χ4v) is 3.26. The van der Waals surface area contributed by atoms with Crippen LogP contribution in [0.2, 0.25) is 0 Å². The number of hydrogen-bond donors (Lipinski definition) is 1. The lowest BCUT2D eigenvalue weighted by Crippen LogP contribution is -2.43. The third-order valence-corrected chi connectivity index (χ3v) is 4.38. The van der Waals surface area contributed by atoms with Crippen molar-refractivity contribution in [3.05, 3.63) is 21.9 Å². The first kappa shape index (κ1) is 13.1. The van der Waals surface area contributed by atoms with E-state index in [2.05, 4.69) is 12.1 Å². The first-order valence-electron chi connectivity index (χ1n) is 6.23. The summed E-state index contributed by atoms with van der Waals surface area (Å²) in [5, 5.41) is 14.1. The molecule has 1 aliphatic heterocycles. The van der Waals surface area contributed by atoms with E-state index in [1.54, 1.807) is 0 Å². The molecule has 1 N–H and O–H groups in total. The molecule has 0 aromatic carbocycles. The number of carbonyl (C=O) groups excluding carboxylic acids is 1. The fourth-order valence-electron chi connectivity index (χ4n) is 2.30. The van der Waals surface area contributed by atoms with Gasteiger partial charge in [0.2, 0.25) is 0 Å². The average Bonchev–Trinajstić information content (AvgIpc) is 2.86. The van der Waals surface area contributed by atoms with E-state index in [0.29, 0.717) is 19.5 Å². The largest absolute Gasteiger partial charge is 0.411 e. The summed E-state index contributed by atoms with van der Waals surface area (Å²) >= 11 is 1.51. The Labute approximate surface area is 111 Å². The van der Waals surface area contributed by atoms with Gasteiger partial charge in [0.1, 0.15) is 0 Å². The van der Waals surface area contributed by atoms with E-state index < -0.39 is 0 Å². The summed E-state index contributed by atoms with van der Waals surface area (Å²) in [4.78, 5) is 15.1. The molecule has 2 heterocycles. The summed E-state index contributed by atoms with van der Waals surface area (Å²) in [5.74, 6) is 0.253. The Balaban J connectivity index is 2.12.